The zero-order valence-corrected chi connectivity index (χ0v) is 11.3. The second-order valence-electron chi connectivity index (χ2n) is 5.18. The lowest BCUT2D eigenvalue weighted by Crippen LogP contribution is -2.34. The molecule has 0 aromatic heterocycles. The summed E-state index contributed by atoms with van der Waals surface area (Å²) in [4.78, 5) is 11.7. The van der Waals surface area contributed by atoms with Crippen molar-refractivity contribution < 1.29 is 14.6 Å². The van der Waals surface area contributed by atoms with Gasteiger partial charge in [-0.15, -0.1) is 0 Å². The van der Waals surface area contributed by atoms with Crippen molar-refractivity contribution in [3.63, 3.8) is 0 Å². The molecule has 106 valence electrons. The predicted molar refractivity (Wildman–Crippen MR) is 73.0 cm³/mol. The summed E-state index contributed by atoms with van der Waals surface area (Å²) in [5, 5.41) is 20.4. The van der Waals surface area contributed by atoms with Crippen LogP contribution < -0.4 is 10.1 Å². The number of rotatable bonds is 7. The Balaban J connectivity index is 1.71. The number of hydrogen-bond donors (Lipinski definition) is 2. The highest BCUT2D eigenvalue weighted by Gasteiger charge is 2.41. The Labute approximate surface area is 118 Å². The molecular formula is C15H18N2O3. The molecule has 1 amide bonds. The lowest BCUT2D eigenvalue weighted by atomic mass is 10.0. The van der Waals surface area contributed by atoms with Gasteiger partial charge < -0.3 is 15.2 Å². The molecule has 1 aromatic carbocycles. The van der Waals surface area contributed by atoms with Crippen LogP contribution in [0.4, 0.5) is 0 Å². The Morgan fingerprint density at radius 3 is 2.65 bits per heavy atom. The van der Waals surface area contributed by atoms with E-state index in [0.717, 1.165) is 19.3 Å². The number of aliphatic hydroxyl groups excluding tert-OH is 1. The molecule has 0 aliphatic heterocycles. The van der Waals surface area contributed by atoms with E-state index in [0.29, 0.717) is 17.9 Å². The Kier molecular flexibility index (Phi) is 4.59. The lowest BCUT2D eigenvalue weighted by molar-refractivity contribution is -0.123. The largest absolute Gasteiger partial charge is 0.484 e. The number of aliphatic hydroxyl groups is 1. The van der Waals surface area contributed by atoms with Crippen LogP contribution in [0.3, 0.4) is 0 Å². The molecule has 0 heterocycles. The molecule has 2 N–H and O–H groups in total. The van der Waals surface area contributed by atoms with E-state index in [1.54, 1.807) is 24.3 Å². The van der Waals surface area contributed by atoms with Gasteiger partial charge in [0.25, 0.3) is 5.91 Å². The first-order chi connectivity index (χ1) is 9.67. The van der Waals surface area contributed by atoms with Crippen LogP contribution in [0.15, 0.2) is 24.3 Å². The van der Waals surface area contributed by atoms with E-state index < -0.39 is 0 Å². The van der Waals surface area contributed by atoms with Gasteiger partial charge in [0.15, 0.2) is 6.61 Å². The molecule has 0 unspecified atom stereocenters. The summed E-state index contributed by atoms with van der Waals surface area (Å²) in [6.45, 7) is 0.724. The molecule has 20 heavy (non-hydrogen) atoms. The van der Waals surface area contributed by atoms with Crippen molar-refractivity contribution in [2.45, 2.75) is 19.3 Å². The number of carbonyl (C=O) groups is 1. The highest BCUT2D eigenvalue weighted by molar-refractivity contribution is 5.77. The van der Waals surface area contributed by atoms with Gasteiger partial charge in [-0.25, -0.2) is 0 Å². The smallest absolute Gasteiger partial charge is 0.257 e. The Bertz CT molecular complexity index is 501. The van der Waals surface area contributed by atoms with Crippen molar-refractivity contribution >= 4 is 5.91 Å². The van der Waals surface area contributed by atoms with Gasteiger partial charge >= 0.3 is 0 Å². The summed E-state index contributed by atoms with van der Waals surface area (Å²) < 4.78 is 5.34. The quantitative estimate of drug-likeness (QED) is 0.783. The predicted octanol–water partition coefficient (Wildman–Crippen LogP) is 1.22. The maximum absolute atomic E-state index is 11.7. The molecule has 1 aromatic rings. The second-order valence-corrected chi connectivity index (χ2v) is 5.18. The standard InChI is InChI=1S/C15H18N2O3/c16-9-12-1-3-13(4-2-12)20-10-14(19)17-11-15(5-6-15)7-8-18/h1-4,18H,5-8,10-11H2,(H,17,19). The van der Waals surface area contributed by atoms with E-state index >= 15 is 0 Å². The number of nitrogens with zero attached hydrogens (tertiary/aromatic N) is 1. The van der Waals surface area contributed by atoms with Crippen LogP contribution in [-0.2, 0) is 4.79 Å². The van der Waals surface area contributed by atoms with E-state index in [1.165, 1.54) is 0 Å². The molecule has 0 saturated heterocycles. The Morgan fingerprint density at radius 1 is 1.40 bits per heavy atom. The van der Waals surface area contributed by atoms with Crippen LogP contribution >= 0.6 is 0 Å². The topological polar surface area (TPSA) is 82.3 Å². The Hall–Kier alpha value is -2.06. The zero-order valence-electron chi connectivity index (χ0n) is 11.3. The van der Waals surface area contributed by atoms with Crippen molar-refractivity contribution in [3.8, 4) is 11.8 Å². The lowest BCUT2D eigenvalue weighted by Gasteiger charge is -2.14. The summed E-state index contributed by atoms with van der Waals surface area (Å²) in [5.41, 5.74) is 0.667. The minimum absolute atomic E-state index is 0.0406. The molecule has 5 heteroatoms. The van der Waals surface area contributed by atoms with Gasteiger partial charge in [0.1, 0.15) is 5.75 Å². The number of nitriles is 1. The molecule has 1 saturated carbocycles. The van der Waals surface area contributed by atoms with Gasteiger partial charge in [-0.3, -0.25) is 4.79 Å². The summed E-state index contributed by atoms with van der Waals surface area (Å²) in [6, 6.07) is 8.65. The fourth-order valence-corrected chi connectivity index (χ4v) is 2.04. The maximum Gasteiger partial charge on any atom is 0.257 e. The highest BCUT2D eigenvalue weighted by atomic mass is 16.5. The first-order valence-electron chi connectivity index (χ1n) is 6.68. The fraction of sp³-hybridized carbons (Fsp3) is 0.467. The van der Waals surface area contributed by atoms with E-state index in [2.05, 4.69) is 5.32 Å². The van der Waals surface area contributed by atoms with Crippen molar-refractivity contribution in [2.75, 3.05) is 19.8 Å². The van der Waals surface area contributed by atoms with E-state index in [1.807, 2.05) is 6.07 Å². The van der Waals surface area contributed by atoms with Crippen molar-refractivity contribution in [1.82, 2.24) is 5.32 Å². The number of hydrogen-bond acceptors (Lipinski definition) is 4. The minimum atomic E-state index is -0.168. The van der Waals surface area contributed by atoms with Crippen LogP contribution in [0.1, 0.15) is 24.8 Å². The molecule has 5 nitrogen and oxygen atoms in total. The van der Waals surface area contributed by atoms with Crippen molar-refractivity contribution in [1.29, 1.82) is 5.26 Å². The monoisotopic (exact) mass is 274 g/mol. The number of amides is 1. The van der Waals surface area contributed by atoms with Crippen molar-refractivity contribution in [3.05, 3.63) is 29.8 Å². The van der Waals surface area contributed by atoms with E-state index in [-0.39, 0.29) is 24.5 Å². The Morgan fingerprint density at radius 2 is 2.10 bits per heavy atom. The second kappa shape index (κ2) is 6.40. The van der Waals surface area contributed by atoms with Gasteiger partial charge in [0, 0.05) is 13.2 Å². The van der Waals surface area contributed by atoms with Crippen LogP contribution in [0.25, 0.3) is 0 Å². The first kappa shape index (κ1) is 14.4. The molecule has 0 bridgehead atoms. The van der Waals surface area contributed by atoms with Crippen LogP contribution in [0.5, 0.6) is 5.75 Å². The fourth-order valence-electron chi connectivity index (χ4n) is 2.04. The summed E-state index contributed by atoms with van der Waals surface area (Å²) in [5.74, 6) is 0.397. The number of ether oxygens (including phenoxy) is 1. The third-order valence-electron chi connectivity index (χ3n) is 3.61. The van der Waals surface area contributed by atoms with E-state index in [4.69, 9.17) is 15.1 Å². The number of benzene rings is 1. The normalized spacial score (nSPS) is 15.2. The van der Waals surface area contributed by atoms with Crippen LogP contribution in [0.2, 0.25) is 0 Å². The summed E-state index contributed by atoms with van der Waals surface area (Å²) >= 11 is 0. The average Bonchev–Trinajstić information content (AvgIpc) is 3.24. The SMILES string of the molecule is N#Cc1ccc(OCC(=O)NCC2(CCO)CC2)cc1. The van der Waals surface area contributed by atoms with Crippen LogP contribution in [0, 0.1) is 16.7 Å². The third-order valence-corrected chi connectivity index (χ3v) is 3.61. The number of carbonyl (C=O) groups excluding carboxylic acids is 1. The summed E-state index contributed by atoms with van der Waals surface area (Å²) in [7, 11) is 0. The third kappa shape index (κ3) is 3.97. The molecule has 1 aliphatic carbocycles. The molecule has 0 spiro atoms. The molecular weight excluding hydrogens is 256 g/mol. The van der Waals surface area contributed by atoms with Crippen molar-refractivity contribution in [2.24, 2.45) is 5.41 Å². The van der Waals surface area contributed by atoms with Gasteiger partial charge in [-0.2, -0.15) is 5.26 Å². The van der Waals surface area contributed by atoms with E-state index in [9.17, 15) is 4.79 Å². The maximum atomic E-state index is 11.7. The summed E-state index contributed by atoms with van der Waals surface area (Å²) in [6.07, 6.45) is 2.86. The molecule has 0 radical (unpaired) electrons. The molecule has 0 atom stereocenters. The van der Waals surface area contributed by atoms with Gasteiger partial charge in [-0.1, -0.05) is 0 Å². The minimum Gasteiger partial charge on any atom is -0.484 e. The van der Waals surface area contributed by atoms with Gasteiger partial charge in [-0.05, 0) is 48.9 Å². The molecule has 2 rings (SSSR count). The highest BCUT2D eigenvalue weighted by Crippen LogP contribution is 2.47. The average molecular weight is 274 g/mol. The zero-order chi connectivity index (χ0) is 14.4. The van der Waals surface area contributed by atoms with Crippen LogP contribution in [-0.4, -0.2) is 30.8 Å². The first-order valence-corrected chi connectivity index (χ1v) is 6.68. The number of nitrogens with one attached hydrogen (secondary N) is 1. The van der Waals surface area contributed by atoms with Gasteiger partial charge in [0.05, 0.1) is 11.6 Å². The molecule has 1 fully saturated rings. The molecule has 1 aliphatic rings. The van der Waals surface area contributed by atoms with Gasteiger partial charge in [0.2, 0.25) is 0 Å².